The summed E-state index contributed by atoms with van der Waals surface area (Å²) in [6.45, 7) is 8.71. The number of nitrogens with zero attached hydrogens (tertiary/aromatic N) is 1. The van der Waals surface area contributed by atoms with Gasteiger partial charge in [0.2, 0.25) is 0 Å². The quantitative estimate of drug-likeness (QED) is 0.463. The van der Waals surface area contributed by atoms with Crippen LogP contribution >= 0.6 is 0 Å². The fourth-order valence-electron chi connectivity index (χ4n) is 2.30. The van der Waals surface area contributed by atoms with Gasteiger partial charge in [0.25, 0.3) is 0 Å². The molecule has 1 aliphatic heterocycles. The molecule has 0 spiro atoms. The van der Waals surface area contributed by atoms with Gasteiger partial charge in [0, 0.05) is 6.54 Å². The van der Waals surface area contributed by atoms with E-state index in [2.05, 4.69) is 25.5 Å². The van der Waals surface area contributed by atoms with E-state index in [1.165, 1.54) is 57.2 Å². The van der Waals surface area contributed by atoms with Crippen LogP contribution in [0.15, 0.2) is 12.2 Å². The fraction of sp³-hybridized carbons (Fsp3) is 0.846. The topological polar surface area (TPSA) is 3.24 Å². The van der Waals surface area contributed by atoms with Crippen LogP contribution in [0.5, 0.6) is 0 Å². The summed E-state index contributed by atoms with van der Waals surface area (Å²) in [6, 6.07) is 0. The van der Waals surface area contributed by atoms with E-state index in [4.69, 9.17) is 0 Å². The molecule has 0 saturated carbocycles. The third-order valence-electron chi connectivity index (χ3n) is 3.20. The summed E-state index contributed by atoms with van der Waals surface area (Å²) in [5.41, 5.74) is 1.34. The average molecular weight is 195 g/mol. The molecular weight excluding hydrogens is 170 g/mol. The Kier molecular flexibility index (Phi) is 5.24. The normalized spacial score (nSPS) is 22.9. The number of rotatable bonds is 6. The van der Waals surface area contributed by atoms with E-state index in [1.807, 2.05) is 0 Å². The Morgan fingerprint density at radius 3 is 2.71 bits per heavy atom. The second-order valence-electron chi connectivity index (χ2n) is 4.97. The smallest absolute Gasteiger partial charge is 0.000708 e. The van der Waals surface area contributed by atoms with Crippen LogP contribution in [0.4, 0.5) is 0 Å². The van der Waals surface area contributed by atoms with Crippen molar-refractivity contribution >= 4 is 0 Å². The largest absolute Gasteiger partial charge is 0.306 e. The second-order valence-corrected chi connectivity index (χ2v) is 4.97. The molecule has 0 aromatic heterocycles. The maximum Gasteiger partial charge on any atom is 0.000708 e. The van der Waals surface area contributed by atoms with E-state index in [0.29, 0.717) is 0 Å². The average Bonchev–Trinajstić information content (AvgIpc) is 2.50. The molecule has 14 heavy (non-hydrogen) atoms. The highest BCUT2D eigenvalue weighted by Crippen LogP contribution is 2.21. The summed E-state index contributed by atoms with van der Waals surface area (Å²) in [5.74, 6) is 0.991. The van der Waals surface area contributed by atoms with Crippen molar-refractivity contribution in [3.05, 3.63) is 12.2 Å². The lowest BCUT2D eigenvalue weighted by Gasteiger charge is -2.09. The van der Waals surface area contributed by atoms with Crippen LogP contribution in [0.25, 0.3) is 0 Å². The number of likely N-dealkylation sites (tertiary alicyclic amines) is 1. The third kappa shape index (κ3) is 4.80. The predicted octanol–water partition coefficient (Wildman–Crippen LogP) is 3.46. The molecule has 82 valence electrons. The Morgan fingerprint density at radius 1 is 1.36 bits per heavy atom. The molecule has 0 aromatic rings. The lowest BCUT2D eigenvalue weighted by molar-refractivity contribution is 0.382. The van der Waals surface area contributed by atoms with Crippen molar-refractivity contribution in [2.75, 3.05) is 20.1 Å². The Morgan fingerprint density at radius 2 is 2.14 bits per heavy atom. The molecule has 1 nitrogen and oxygen atoms in total. The highest BCUT2D eigenvalue weighted by molar-refractivity contribution is 4.87. The third-order valence-corrected chi connectivity index (χ3v) is 3.20. The Balaban J connectivity index is 1.91. The van der Waals surface area contributed by atoms with Gasteiger partial charge < -0.3 is 4.90 Å². The van der Waals surface area contributed by atoms with E-state index >= 15 is 0 Å². The summed E-state index contributed by atoms with van der Waals surface area (Å²) in [6.07, 6.45) is 8.26. The van der Waals surface area contributed by atoms with Crippen LogP contribution in [-0.2, 0) is 0 Å². The van der Waals surface area contributed by atoms with Crippen LogP contribution in [-0.4, -0.2) is 25.0 Å². The minimum absolute atomic E-state index is 0.991. The second kappa shape index (κ2) is 6.23. The van der Waals surface area contributed by atoms with Crippen molar-refractivity contribution in [2.24, 2.45) is 5.92 Å². The van der Waals surface area contributed by atoms with Gasteiger partial charge in [0.1, 0.15) is 0 Å². The Labute approximate surface area is 89.2 Å². The zero-order valence-corrected chi connectivity index (χ0v) is 9.89. The number of allylic oxidation sites excluding steroid dienone is 1. The minimum atomic E-state index is 0.991. The van der Waals surface area contributed by atoms with E-state index in [9.17, 15) is 0 Å². The van der Waals surface area contributed by atoms with Crippen LogP contribution in [0.2, 0.25) is 0 Å². The molecule has 1 saturated heterocycles. The van der Waals surface area contributed by atoms with Crippen molar-refractivity contribution in [1.29, 1.82) is 0 Å². The maximum atomic E-state index is 3.93. The minimum Gasteiger partial charge on any atom is -0.306 e. The molecule has 1 rings (SSSR count). The number of hydrogen-bond acceptors (Lipinski definition) is 1. The first-order valence-corrected chi connectivity index (χ1v) is 6.01. The zero-order chi connectivity index (χ0) is 10.4. The zero-order valence-electron chi connectivity index (χ0n) is 9.89. The molecule has 1 atom stereocenters. The molecule has 0 radical (unpaired) electrons. The van der Waals surface area contributed by atoms with Crippen LogP contribution < -0.4 is 0 Å². The van der Waals surface area contributed by atoms with Gasteiger partial charge >= 0.3 is 0 Å². The van der Waals surface area contributed by atoms with Crippen molar-refractivity contribution in [3.8, 4) is 0 Å². The van der Waals surface area contributed by atoms with E-state index in [0.717, 1.165) is 5.92 Å². The first-order chi connectivity index (χ1) is 6.68. The highest BCUT2D eigenvalue weighted by atomic mass is 15.1. The molecule has 0 amide bonds. The monoisotopic (exact) mass is 195 g/mol. The van der Waals surface area contributed by atoms with Crippen LogP contribution in [0.1, 0.15) is 45.4 Å². The summed E-state index contributed by atoms with van der Waals surface area (Å²) >= 11 is 0. The van der Waals surface area contributed by atoms with E-state index < -0.39 is 0 Å². The van der Waals surface area contributed by atoms with Gasteiger partial charge in [-0.3, -0.25) is 0 Å². The maximum absolute atomic E-state index is 3.93. The fourth-order valence-corrected chi connectivity index (χ4v) is 2.30. The Hall–Kier alpha value is -0.300. The standard InChI is InChI=1S/C13H25N/c1-12(2)7-5-4-6-8-13-9-10-14(3)11-13/h13H,1,4-11H2,2-3H3. The van der Waals surface area contributed by atoms with Crippen LogP contribution in [0, 0.1) is 5.92 Å². The molecule has 1 aliphatic rings. The van der Waals surface area contributed by atoms with Crippen LogP contribution in [0.3, 0.4) is 0 Å². The van der Waals surface area contributed by atoms with Crippen molar-refractivity contribution in [3.63, 3.8) is 0 Å². The highest BCUT2D eigenvalue weighted by Gasteiger charge is 2.18. The summed E-state index contributed by atoms with van der Waals surface area (Å²) in [5, 5.41) is 0. The number of hydrogen-bond donors (Lipinski definition) is 0. The Bertz CT molecular complexity index is 174. The van der Waals surface area contributed by atoms with Gasteiger partial charge in [-0.1, -0.05) is 18.4 Å². The summed E-state index contributed by atoms with van der Waals surface area (Å²) in [4.78, 5) is 2.46. The SMILES string of the molecule is C=C(C)CCCCCC1CCN(C)C1. The van der Waals surface area contributed by atoms with Gasteiger partial charge in [-0.15, -0.1) is 6.58 Å². The van der Waals surface area contributed by atoms with Crippen molar-refractivity contribution in [1.82, 2.24) is 4.90 Å². The predicted molar refractivity (Wildman–Crippen MR) is 63.5 cm³/mol. The first-order valence-electron chi connectivity index (χ1n) is 6.01. The summed E-state index contributed by atoms with van der Waals surface area (Å²) in [7, 11) is 2.24. The number of unbranched alkanes of at least 4 members (excludes halogenated alkanes) is 2. The van der Waals surface area contributed by atoms with Gasteiger partial charge in [-0.25, -0.2) is 0 Å². The first kappa shape index (κ1) is 11.8. The summed E-state index contributed by atoms with van der Waals surface area (Å²) < 4.78 is 0. The molecule has 0 bridgehead atoms. The van der Waals surface area contributed by atoms with Crippen molar-refractivity contribution < 1.29 is 0 Å². The lowest BCUT2D eigenvalue weighted by Crippen LogP contribution is -2.13. The molecular formula is C13H25N. The lowest BCUT2D eigenvalue weighted by atomic mass is 9.99. The molecule has 0 N–H and O–H groups in total. The van der Waals surface area contributed by atoms with E-state index in [1.54, 1.807) is 0 Å². The van der Waals surface area contributed by atoms with Gasteiger partial charge in [0.15, 0.2) is 0 Å². The molecule has 1 heterocycles. The molecule has 1 heteroatoms. The molecule has 1 fully saturated rings. The van der Waals surface area contributed by atoms with E-state index in [-0.39, 0.29) is 0 Å². The van der Waals surface area contributed by atoms with Gasteiger partial charge in [-0.05, 0) is 52.1 Å². The van der Waals surface area contributed by atoms with Crippen molar-refractivity contribution in [2.45, 2.75) is 45.4 Å². The van der Waals surface area contributed by atoms with Gasteiger partial charge in [0.05, 0.1) is 0 Å². The molecule has 0 aliphatic carbocycles. The molecule has 0 aromatic carbocycles. The van der Waals surface area contributed by atoms with Gasteiger partial charge in [-0.2, -0.15) is 0 Å². The molecule has 1 unspecified atom stereocenters.